The van der Waals surface area contributed by atoms with Gasteiger partial charge < -0.3 is 9.47 Å². The van der Waals surface area contributed by atoms with E-state index < -0.39 is 6.10 Å². The molecule has 1 aromatic carbocycles. The second-order valence-electron chi connectivity index (χ2n) is 3.80. The summed E-state index contributed by atoms with van der Waals surface area (Å²) in [6.45, 7) is 4.49. The Labute approximate surface area is 103 Å². The summed E-state index contributed by atoms with van der Waals surface area (Å²) in [7, 11) is 1.56. The maximum Gasteiger partial charge on any atom is 0.166 e. The van der Waals surface area contributed by atoms with Gasteiger partial charge >= 0.3 is 0 Å². The van der Waals surface area contributed by atoms with E-state index in [1.54, 1.807) is 7.11 Å². The minimum Gasteiger partial charge on any atom is -0.493 e. The first kappa shape index (κ1) is 13.7. The molecule has 1 aromatic rings. The zero-order valence-corrected chi connectivity index (χ0v) is 10.7. The molecule has 0 saturated heterocycles. The van der Waals surface area contributed by atoms with Crippen molar-refractivity contribution in [3.63, 3.8) is 0 Å². The van der Waals surface area contributed by atoms with Gasteiger partial charge in [-0.15, -0.1) is 0 Å². The normalized spacial score (nSPS) is 12.2. The van der Waals surface area contributed by atoms with Crippen LogP contribution in [0.15, 0.2) is 24.3 Å². The molecule has 0 fully saturated rings. The van der Waals surface area contributed by atoms with Gasteiger partial charge in [0.2, 0.25) is 0 Å². The van der Waals surface area contributed by atoms with Gasteiger partial charge in [-0.2, -0.15) is 0 Å². The largest absolute Gasteiger partial charge is 0.493 e. The lowest BCUT2D eigenvalue weighted by Crippen LogP contribution is -2.15. The van der Waals surface area contributed by atoms with Crippen molar-refractivity contribution < 1.29 is 14.3 Å². The molecule has 94 valence electrons. The number of carbonyl (C=O) groups is 1. The van der Waals surface area contributed by atoms with Crippen LogP contribution < -0.4 is 4.74 Å². The molecule has 0 aromatic heterocycles. The smallest absolute Gasteiger partial charge is 0.166 e. The van der Waals surface area contributed by atoms with Gasteiger partial charge in [0.15, 0.2) is 5.78 Å². The number of Topliss-reactive ketones (excluding diaryl/α,β-unsaturated/α-hetero) is 1. The molecule has 0 radical (unpaired) electrons. The van der Waals surface area contributed by atoms with Gasteiger partial charge in [0, 0.05) is 19.1 Å². The lowest BCUT2D eigenvalue weighted by Gasteiger charge is -2.17. The van der Waals surface area contributed by atoms with Gasteiger partial charge in [0.05, 0.1) is 6.61 Å². The van der Waals surface area contributed by atoms with Crippen LogP contribution in [0.3, 0.4) is 0 Å². The fraction of sp³-hybridized carbons (Fsp3) is 0.500. The molecule has 0 saturated carbocycles. The zero-order chi connectivity index (χ0) is 12.7. The van der Waals surface area contributed by atoms with Crippen molar-refractivity contribution in [1.29, 1.82) is 0 Å². The molecular weight excluding hydrogens is 216 g/mol. The van der Waals surface area contributed by atoms with Gasteiger partial charge in [-0.05, 0) is 19.4 Å². The van der Waals surface area contributed by atoms with Crippen LogP contribution >= 0.6 is 0 Å². The highest BCUT2D eigenvalue weighted by Gasteiger charge is 2.22. The highest BCUT2D eigenvalue weighted by atomic mass is 16.5. The van der Waals surface area contributed by atoms with Gasteiger partial charge in [0.1, 0.15) is 11.9 Å². The van der Waals surface area contributed by atoms with Crippen LogP contribution in [-0.4, -0.2) is 19.5 Å². The fourth-order valence-electron chi connectivity index (χ4n) is 1.79. The lowest BCUT2D eigenvalue weighted by atomic mass is 10.0. The molecule has 0 aliphatic rings. The Morgan fingerprint density at radius 1 is 1.29 bits per heavy atom. The monoisotopic (exact) mass is 236 g/mol. The van der Waals surface area contributed by atoms with Crippen LogP contribution in [0.4, 0.5) is 0 Å². The number of rotatable bonds is 7. The Hall–Kier alpha value is -1.35. The number of hydrogen-bond acceptors (Lipinski definition) is 3. The van der Waals surface area contributed by atoms with Crippen molar-refractivity contribution in [3.8, 4) is 5.75 Å². The van der Waals surface area contributed by atoms with Gasteiger partial charge in [-0.25, -0.2) is 0 Å². The summed E-state index contributed by atoms with van der Waals surface area (Å²) in [5, 5.41) is 0. The fourth-order valence-corrected chi connectivity index (χ4v) is 1.79. The summed E-state index contributed by atoms with van der Waals surface area (Å²) in [5.41, 5.74) is 0.815. The number of methoxy groups -OCH3 is 1. The zero-order valence-electron chi connectivity index (χ0n) is 10.7. The Balaban J connectivity index is 2.98. The van der Waals surface area contributed by atoms with Crippen molar-refractivity contribution in [3.05, 3.63) is 29.8 Å². The molecular formula is C14H20O3. The summed E-state index contributed by atoms with van der Waals surface area (Å²) in [4.78, 5) is 12.0. The van der Waals surface area contributed by atoms with Gasteiger partial charge in [-0.1, -0.05) is 25.1 Å². The Bertz CT molecular complexity index is 360. The molecule has 1 unspecified atom stereocenters. The number of benzene rings is 1. The Morgan fingerprint density at radius 2 is 2.00 bits per heavy atom. The molecule has 0 bridgehead atoms. The highest BCUT2D eigenvalue weighted by molar-refractivity contribution is 5.85. The first-order chi connectivity index (χ1) is 8.24. The molecule has 0 amide bonds. The molecule has 1 atom stereocenters. The molecule has 0 N–H and O–H groups in total. The number of para-hydroxylation sites is 1. The predicted octanol–water partition coefficient (Wildman–Crippen LogP) is 3.14. The van der Waals surface area contributed by atoms with E-state index in [2.05, 4.69) is 0 Å². The third kappa shape index (κ3) is 3.56. The van der Waals surface area contributed by atoms with Crippen molar-refractivity contribution in [2.24, 2.45) is 0 Å². The third-order valence-electron chi connectivity index (χ3n) is 2.53. The Morgan fingerprint density at radius 3 is 2.59 bits per heavy atom. The van der Waals surface area contributed by atoms with E-state index in [0.717, 1.165) is 17.7 Å². The van der Waals surface area contributed by atoms with Crippen molar-refractivity contribution in [2.75, 3.05) is 13.7 Å². The maximum absolute atomic E-state index is 12.0. The van der Waals surface area contributed by atoms with E-state index >= 15 is 0 Å². The van der Waals surface area contributed by atoms with E-state index in [-0.39, 0.29) is 5.78 Å². The second kappa shape index (κ2) is 7.07. The van der Waals surface area contributed by atoms with Crippen LogP contribution in [0.1, 0.15) is 38.4 Å². The average molecular weight is 236 g/mol. The van der Waals surface area contributed by atoms with Gasteiger partial charge in [-0.3, -0.25) is 4.79 Å². The van der Waals surface area contributed by atoms with Gasteiger partial charge in [0.25, 0.3) is 0 Å². The predicted molar refractivity (Wildman–Crippen MR) is 67.3 cm³/mol. The van der Waals surface area contributed by atoms with Crippen LogP contribution in [0.5, 0.6) is 5.75 Å². The molecule has 0 spiro atoms. The van der Waals surface area contributed by atoms with Crippen LogP contribution in [-0.2, 0) is 9.53 Å². The standard InChI is InChI=1S/C14H20O3/c1-4-8-12(15)14(16-3)11-9-6-7-10-13(11)17-5-2/h6-7,9-10,14H,4-5,8H2,1-3H3. The molecule has 0 aliphatic heterocycles. The summed E-state index contributed by atoms with van der Waals surface area (Å²) in [6, 6.07) is 7.53. The number of hydrogen-bond donors (Lipinski definition) is 0. The second-order valence-corrected chi connectivity index (χ2v) is 3.80. The molecule has 1 rings (SSSR count). The minimum atomic E-state index is -0.516. The van der Waals surface area contributed by atoms with Crippen molar-refractivity contribution in [2.45, 2.75) is 32.8 Å². The number of carbonyl (C=O) groups excluding carboxylic acids is 1. The van der Waals surface area contributed by atoms with E-state index in [9.17, 15) is 4.79 Å². The van der Waals surface area contributed by atoms with E-state index in [4.69, 9.17) is 9.47 Å². The minimum absolute atomic E-state index is 0.0992. The Kier molecular flexibility index (Phi) is 5.70. The molecule has 0 aliphatic carbocycles. The first-order valence-electron chi connectivity index (χ1n) is 6.01. The molecule has 0 heterocycles. The lowest BCUT2D eigenvalue weighted by molar-refractivity contribution is -0.129. The van der Waals surface area contributed by atoms with Crippen molar-refractivity contribution in [1.82, 2.24) is 0 Å². The first-order valence-corrected chi connectivity index (χ1v) is 6.01. The average Bonchev–Trinajstić information content (AvgIpc) is 2.33. The van der Waals surface area contributed by atoms with Crippen molar-refractivity contribution >= 4 is 5.78 Å². The summed E-state index contributed by atoms with van der Waals surface area (Å²) < 4.78 is 10.8. The SMILES string of the molecule is CCCC(=O)C(OC)c1ccccc1OCC. The van der Waals surface area contributed by atoms with Crippen LogP contribution in [0.2, 0.25) is 0 Å². The highest BCUT2D eigenvalue weighted by Crippen LogP contribution is 2.28. The van der Waals surface area contributed by atoms with Crippen LogP contribution in [0, 0.1) is 0 Å². The quantitative estimate of drug-likeness (QED) is 0.729. The number of ether oxygens (including phenoxy) is 2. The molecule has 3 nitrogen and oxygen atoms in total. The third-order valence-corrected chi connectivity index (χ3v) is 2.53. The van der Waals surface area contributed by atoms with E-state index in [1.165, 1.54) is 0 Å². The summed E-state index contributed by atoms with van der Waals surface area (Å²) in [6.07, 6.45) is 0.840. The summed E-state index contributed by atoms with van der Waals surface area (Å²) in [5.74, 6) is 0.827. The maximum atomic E-state index is 12.0. The summed E-state index contributed by atoms with van der Waals surface area (Å²) >= 11 is 0. The van der Waals surface area contributed by atoms with Crippen LogP contribution in [0.25, 0.3) is 0 Å². The molecule has 17 heavy (non-hydrogen) atoms. The number of ketones is 1. The molecule has 3 heteroatoms. The van der Waals surface area contributed by atoms with E-state index in [1.807, 2.05) is 38.1 Å². The topological polar surface area (TPSA) is 35.5 Å². The van der Waals surface area contributed by atoms with E-state index in [0.29, 0.717) is 13.0 Å².